The van der Waals surface area contributed by atoms with Crippen molar-refractivity contribution in [2.24, 2.45) is 0 Å². The van der Waals surface area contributed by atoms with Crippen LogP contribution in [0.5, 0.6) is 11.5 Å². The lowest BCUT2D eigenvalue weighted by molar-refractivity contribution is -0.385. The van der Waals surface area contributed by atoms with Crippen molar-refractivity contribution in [1.29, 1.82) is 0 Å². The van der Waals surface area contributed by atoms with Crippen molar-refractivity contribution in [2.75, 3.05) is 26.9 Å². The monoisotopic (exact) mass is 397 g/mol. The summed E-state index contributed by atoms with van der Waals surface area (Å²) in [6, 6.07) is 2.43. The number of rotatable bonds is 13. The quantitative estimate of drug-likeness (QED) is 0.214. The SMILES string of the molecule is CCOC(=O)CCCCCCOc1cc([N+](=O)[O-])c(C(=O)OCC)cc1OC. The fourth-order valence-electron chi connectivity index (χ4n) is 2.49. The van der Waals surface area contributed by atoms with Crippen LogP contribution < -0.4 is 9.47 Å². The minimum absolute atomic E-state index is 0.104. The van der Waals surface area contributed by atoms with Gasteiger partial charge < -0.3 is 18.9 Å². The first kappa shape index (κ1) is 23.2. The van der Waals surface area contributed by atoms with Gasteiger partial charge in [-0.25, -0.2) is 4.79 Å². The molecule has 9 heteroatoms. The van der Waals surface area contributed by atoms with E-state index in [0.717, 1.165) is 19.3 Å². The van der Waals surface area contributed by atoms with Crippen LogP contribution in [-0.2, 0) is 14.3 Å². The molecule has 9 nitrogen and oxygen atoms in total. The first-order chi connectivity index (χ1) is 13.4. The Morgan fingerprint density at radius 1 is 1.00 bits per heavy atom. The number of ether oxygens (including phenoxy) is 4. The lowest BCUT2D eigenvalue weighted by Crippen LogP contribution is -2.09. The summed E-state index contributed by atoms with van der Waals surface area (Å²) in [6.45, 7) is 4.20. The zero-order valence-electron chi connectivity index (χ0n) is 16.5. The number of hydrogen-bond donors (Lipinski definition) is 0. The maximum atomic E-state index is 11.9. The maximum absolute atomic E-state index is 11.9. The summed E-state index contributed by atoms with van der Waals surface area (Å²) in [7, 11) is 1.39. The van der Waals surface area contributed by atoms with E-state index in [1.165, 1.54) is 19.2 Å². The summed E-state index contributed by atoms with van der Waals surface area (Å²) in [5.74, 6) is -0.581. The highest BCUT2D eigenvalue weighted by atomic mass is 16.6. The third kappa shape index (κ3) is 7.42. The van der Waals surface area contributed by atoms with Crippen molar-refractivity contribution in [3.8, 4) is 11.5 Å². The maximum Gasteiger partial charge on any atom is 0.345 e. The van der Waals surface area contributed by atoms with E-state index in [0.29, 0.717) is 26.1 Å². The first-order valence-corrected chi connectivity index (χ1v) is 9.26. The van der Waals surface area contributed by atoms with Gasteiger partial charge in [0.2, 0.25) is 0 Å². The molecule has 156 valence electrons. The van der Waals surface area contributed by atoms with Gasteiger partial charge in [-0.3, -0.25) is 14.9 Å². The Bertz CT molecular complexity index is 674. The molecule has 1 aromatic rings. The number of esters is 2. The van der Waals surface area contributed by atoms with Crippen LogP contribution in [0.25, 0.3) is 0 Å². The van der Waals surface area contributed by atoms with E-state index in [1.807, 2.05) is 0 Å². The summed E-state index contributed by atoms with van der Waals surface area (Å²) >= 11 is 0. The minimum atomic E-state index is -0.791. The number of carbonyl (C=O) groups excluding carboxylic acids is 2. The molecule has 0 aliphatic carbocycles. The Morgan fingerprint density at radius 3 is 2.29 bits per heavy atom. The van der Waals surface area contributed by atoms with Crippen LogP contribution in [0.1, 0.15) is 56.3 Å². The van der Waals surface area contributed by atoms with Gasteiger partial charge >= 0.3 is 11.9 Å². The molecule has 0 aliphatic rings. The Balaban J connectivity index is 2.63. The number of hydrogen-bond acceptors (Lipinski definition) is 8. The summed E-state index contributed by atoms with van der Waals surface area (Å²) in [5.41, 5.74) is -0.585. The average molecular weight is 397 g/mol. The van der Waals surface area contributed by atoms with Gasteiger partial charge in [0.25, 0.3) is 5.69 Å². The van der Waals surface area contributed by atoms with Gasteiger partial charge in [-0.1, -0.05) is 12.8 Å². The molecule has 0 bridgehead atoms. The second kappa shape index (κ2) is 12.5. The molecule has 1 aromatic carbocycles. The molecule has 28 heavy (non-hydrogen) atoms. The number of nitrogens with zero attached hydrogens (tertiary/aromatic N) is 1. The van der Waals surface area contributed by atoms with Gasteiger partial charge in [-0.05, 0) is 26.7 Å². The van der Waals surface area contributed by atoms with Crippen molar-refractivity contribution in [3.63, 3.8) is 0 Å². The van der Waals surface area contributed by atoms with E-state index in [1.54, 1.807) is 13.8 Å². The number of benzene rings is 1. The third-order valence-electron chi connectivity index (χ3n) is 3.81. The van der Waals surface area contributed by atoms with Gasteiger partial charge in [-0.2, -0.15) is 0 Å². The summed E-state index contributed by atoms with van der Waals surface area (Å²) in [4.78, 5) is 33.8. The third-order valence-corrected chi connectivity index (χ3v) is 3.81. The smallest absolute Gasteiger partial charge is 0.345 e. The molecule has 0 N–H and O–H groups in total. The van der Waals surface area contributed by atoms with Gasteiger partial charge in [0.15, 0.2) is 11.5 Å². The van der Waals surface area contributed by atoms with E-state index in [9.17, 15) is 19.7 Å². The predicted octanol–water partition coefficient (Wildman–Crippen LogP) is 3.67. The lowest BCUT2D eigenvalue weighted by atomic mass is 10.1. The number of methoxy groups -OCH3 is 1. The molecule has 0 aromatic heterocycles. The summed E-state index contributed by atoms with van der Waals surface area (Å²) < 4.78 is 20.5. The van der Waals surface area contributed by atoms with E-state index in [4.69, 9.17) is 18.9 Å². The highest BCUT2D eigenvalue weighted by Crippen LogP contribution is 2.35. The highest BCUT2D eigenvalue weighted by molar-refractivity contribution is 5.95. The molecule has 0 saturated heterocycles. The van der Waals surface area contributed by atoms with E-state index in [-0.39, 0.29) is 29.6 Å². The number of unbranched alkanes of at least 4 members (excludes halogenated alkanes) is 3. The molecule has 0 amide bonds. The first-order valence-electron chi connectivity index (χ1n) is 9.26. The van der Waals surface area contributed by atoms with E-state index >= 15 is 0 Å². The molecule has 0 saturated carbocycles. The van der Waals surface area contributed by atoms with Crippen LogP contribution in [0, 0.1) is 10.1 Å². The molecular formula is C19H27NO8. The van der Waals surface area contributed by atoms with Crippen LogP contribution in [-0.4, -0.2) is 43.8 Å². The van der Waals surface area contributed by atoms with Gasteiger partial charge in [-0.15, -0.1) is 0 Å². The van der Waals surface area contributed by atoms with Crippen molar-refractivity contribution < 1.29 is 33.5 Å². The topological polar surface area (TPSA) is 114 Å². The molecule has 0 atom stereocenters. The van der Waals surface area contributed by atoms with E-state index < -0.39 is 16.6 Å². The standard InChI is InChI=1S/C19H27NO8/c1-4-26-18(21)10-8-6-7-9-11-28-17-13-15(20(23)24)14(12-16(17)25-3)19(22)27-5-2/h12-13H,4-11H2,1-3H3. The second-order valence-corrected chi connectivity index (χ2v) is 5.82. The predicted molar refractivity (Wildman–Crippen MR) is 101 cm³/mol. The van der Waals surface area contributed by atoms with Crippen LogP contribution in [0.3, 0.4) is 0 Å². The Kier molecular flexibility index (Phi) is 10.4. The largest absolute Gasteiger partial charge is 0.493 e. The molecule has 0 spiro atoms. The van der Waals surface area contributed by atoms with Crippen LogP contribution in [0.2, 0.25) is 0 Å². The Morgan fingerprint density at radius 2 is 1.68 bits per heavy atom. The molecule has 0 heterocycles. The zero-order chi connectivity index (χ0) is 20.9. The van der Waals surface area contributed by atoms with Gasteiger partial charge in [0, 0.05) is 12.5 Å². The van der Waals surface area contributed by atoms with Crippen molar-refractivity contribution in [3.05, 3.63) is 27.8 Å². The molecule has 1 rings (SSSR count). The van der Waals surface area contributed by atoms with Crippen LogP contribution in [0.15, 0.2) is 12.1 Å². The summed E-state index contributed by atoms with van der Waals surface area (Å²) in [5, 5.41) is 11.3. The van der Waals surface area contributed by atoms with E-state index in [2.05, 4.69) is 0 Å². The molecule has 0 fully saturated rings. The lowest BCUT2D eigenvalue weighted by Gasteiger charge is -2.12. The Hall–Kier alpha value is -2.84. The average Bonchev–Trinajstić information content (AvgIpc) is 2.66. The van der Waals surface area contributed by atoms with Gasteiger partial charge in [0.1, 0.15) is 5.56 Å². The summed E-state index contributed by atoms with van der Waals surface area (Å²) in [6.07, 6.45) is 3.53. The molecular weight excluding hydrogens is 370 g/mol. The molecule has 0 unspecified atom stereocenters. The van der Waals surface area contributed by atoms with Gasteiger partial charge in [0.05, 0.1) is 37.9 Å². The molecule has 0 radical (unpaired) electrons. The fraction of sp³-hybridized carbons (Fsp3) is 0.579. The van der Waals surface area contributed by atoms with Crippen molar-refractivity contribution >= 4 is 17.6 Å². The highest BCUT2D eigenvalue weighted by Gasteiger charge is 2.25. The van der Waals surface area contributed by atoms with Crippen LogP contribution >= 0.6 is 0 Å². The molecule has 0 aliphatic heterocycles. The number of nitro benzene ring substituents is 1. The van der Waals surface area contributed by atoms with Crippen molar-refractivity contribution in [2.45, 2.75) is 46.0 Å². The Labute approximate surface area is 164 Å². The van der Waals surface area contributed by atoms with Crippen LogP contribution in [0.4, 0.5) is 5.69 Å². The number of nitro groups is 1. The normalized spacial score (nSPS) is 10.2. The fourth-order valence-corrected chi connectivity index (χ4v) is 2.49. The minimum Gasteiger partial charge on any atom is -0.493 e. The second-order valence-electron chi connectivity index (χ2n) is 5.82. The zero-order valence-corrected chi connectivity index (χ0v) is 16.5. The van der Waals surface area contributed by atoms with Crippen molar-refractivity contribution in [1.82, 2.24) is 0 Å². The number of carbonyl (C=O) groups is 2.